The molecule has 0 amide bonds. The van der Waals surface area contributed by atoms with Gasteiger partial charge in [-0.05, 0) is 53.5 Å². The molecule has 2 aromatic carbocycles. The number of rotatable bonds is 4. The fourth-order valence-electron chi connectivity index (χ4n) is 2.16. The van der Waals surface area contributed by atoms with Gasteiger partial charge in [0.05, 0.1) is 6.20 Å². The molecule has 1 aromatic heterocycles. The Morgan fingerprint density at radius 1 is 0.917 bits per heavy atom. The first-order valence-electron chi connectivity index (χ1n) is 7.01. The number of hydrogen-bond donors (Lipinski definition) is 0. The van der Waals surface area contributed by atoms with Crippen molar-refractivity contribution in [3.8, 4) is 11.3 Å². The molecule has 3 aromatic rings. The number of ketones is 1. The van der Waals surface area contributed by atoms with E-state index in [9.17, 15) is 4.79 Å². The highest BCUT2D eigenvalue weighted by Gasteiger charge is 2.11. The van der Waals surface area contributed by atoms with Gasteiger partial charge in [0.1, 0.15) is 0 Å². The van der Waals surface area contributed by atoms with Crippen LogP contribution in [-0.2, 0) is 6.54 Å². The van der Waals surface area contributed by atoms with Crippen molar-refractivity contribution in [3.63, 3.8) is 0 Å². The molecule has 0 bridgehead atoms. The number of hydrogen-bond acceptors (Lipinski definition) is 2. The van der Waals surface area contributed by atoms with Crippen LogP contribution in [-0.4, -0.2) is 10.8 Å². The Bertz CT molecular complexity index is 819. The first-order chi connectivity index (χ1) is 11.1. The third kappa shape index (κ3) is 4.63. The maximum absolute atomic E-state index is 12.2. The fourth-order valence-corrected chi connectivity index (χ4v) is 2.41. The molecule has 1 heterocycles. The number of aromatic nitrogens is 2. The van der Waals surface area contributed by atoms with E-state index < -0.39 is 0 Å². The Morgan fingerprint density at radius 2 is 1.50 bits per heavy atom. The SMILES string of the molecule is O=C(C[n+]1ccc(-c2ccc(Cl)cc2)nc1)c1ccc(Cl)cc1.[Br-]. The van der Waals surface area contributed by atoms with E-state index in [1.165, 1.54) is 0 Å². The molecule has 24 heavy (non-hydrogen) atoms. The number of halogens is 3. The average Bonchev–Trinajstić information content (AvgIpc) is 2.57. The third-order valence-electron chi connectivity index (χ3n) is 3.40. The summed E-state index contributed by atoms with van der Waals surface area (Å²) in [5.41, 5.74) is 2.44. The van der Waals surface area contributed by atoms with Crippen LogP contribution in [0.15, 0.2) is 67.1 Å². The normalized spacial score (nSPS) is 10.1. The lowest BCUT2D eigenvalue weighted by atomic mass is 10.1. The van der Waals surface area contributed by atoms with Gasteiger partial charge in [-0.2, -0.15) is 0 Å². The zero-order valence-electron chi connectivity index (χ0n) is 12.5. The first-order valence-corrected chi connectivity index (χ1v) is 7.77. The highest BCUT2D eigenvalue weighted by atomic mass is 79.9. The van der Waals surface area contributed by atoms with Crippen LogP contribution in [0.3, 0.4) is 0 Å². The Hall–Kier alpha value is -1.75. The molecule has 3 nitrogen and oxygen atoms in total. The van der Waals surface area contributed by atoms with Crippen LogP contribution < -0.4 is 21.5 Å². The summed E-state index contributed by atoms with van der Waals surface area (Å²) in [4.78, 5) is 16.6. The lowest BCUT2D eigenvalue weighted by Crippen LogP contribution is -3.00. The molecule has 122 valence electrons. The second-order valence-corrected chi connectivity index (χ2v) is 5.93. The van der Waals surface area contributed by atoms with Gasteiger partial charge in [-0.25, -0.2) is 4.57 Å². The molecule has 0 aliphatic carbocycles. The van der Waals surface area contributed by atoms with E-state index in [1.807, 2.05) is 36.5 Å². The molecule has 0 fully saturated rings. The second-order valence-electron chi connectivity index (χ2n) is 5.05. The van der Waals surface area contributed by atoms with Crippen LogP contribution in [0, 0.1) is 0 Å². The monoisotopic (exact) mass is 422 g/mol. The summed E-state index contributed by atoms with van der Waals surface area (Å²) < 4.78 is 1.75. The highest BCUT2D eigenvalue weighted by molar-refractivity contribution is 6.30. The van der Waals surface area contributed by atoms with Crippen molar-refractivity contribution in [2.75, 3.05) is 0 Å². The van der Waals surface area contributed by atoms with Gasteiger partial charge in [0.15, 0.2) is 12.2 Å². The van der Waals surface area contributed by atoms with Crippen molar-refractivity contribution in [2.24, 2.45) is 0 Å². The van der Waals surface area contributed by atoms with Crippen molar-refractivity contribution in [3.05, 3.63) is 82.7 Å². The number of nitrogens with zero attached hydrogens (tertiary/aromatic N) is 2. The third-order valence-corrected chi connectivity index (χ3v) is 3.91. The predicted molar refractivity (Wildman–Crippen MR) is 90.7 cm³/mol. The zero-order valence-corrected chi connectivity index (χ0v) is 15.6. The molecular formula is C18H13BrCl2N2O. The molecule has 0 saturated carbocycles. The lowest BCUT2D eigenvalue weighted by molar-refractivity contribution is -0.686. The van der Waals surface area contributed by atoms with Gasteiger partial charge in [-0.3, -0.25) is 4.79 Å². The summed E-state index contributed by atoms with van der Waals surface area (Å²) >= 11 is 11.7. The smallest absolute Gasteiger partial charge is 0.287 e. The molecular weight excluding hydrogens is 411 g/mol. The van der Waals surface area contributed by atoms with Gasteiger partial charge in [-0.1, -0.05) is 23.2 Å². The largest absolute Gasteiger partial charge is 1.00 e. The molecule has 0 unspecified atom stereocenters. The second kappa shape index (κ2) is 8.38. The predicted octanol–water partition coefficient (Wildman–Crippen LogP) is 1.23. The number of Topliss-reactive ketones (excluding diaryl/α,β-unsaturated/α-hetero) is 1. The van der Waals surface area contributed by atoms with Crippen LogP contribution in [0.2, 0.25) is 10.0 Å². The molecule has 0 saturated heterocycles. The summed E-state index contributed by atoms with van der Waals surface area (Å²) in [7, 11) is 0. The maximum Gasteiger partial charge on any atom is 0.287 e. The Kier molecular flexibility index (Phi) is 6.49. The van der Waals surface area contributed by atoms with Crippen LogP contribution in [0.1, 0.15) is 10.4 Å². The highest BCUT2D eigenvalue weighted by Crippen LogP contribution is 2.18. The Balaban J connectivity index is 0.00000208. The van der Waals surface area contributed by atoms with Crippen molar-refractivity contribution >= 4 is 29.0 Å². The summed E-state index contributed by atoms with van der Waals surface area (Å²) in [5.74, 6) is 0.00714. The van der Waals surface area contributed by atoms with E-state index in [1.54, 1.807) is 35.2 Å². The van der Waals surface area contributed by atoms with E-state index in [4.69, 9.17) is 23.2 Å². The van der Waals surface area contributed by atoms with E-state index in [0.717, 1.165) is 11.3 Å². The zero-order chi connectivity index (χ0) is 16.2. The van der Waals surface area contributed by atoms with E-state index >= 15 is 0 Å². The molecule has 6 heteroatoms. The number of carbonyl (C=O) groups is 1. The van der Waals surface area contributed by atoms with Gasteiger partial charge >= 0.3 is 0 Å². The molecule has 3 rings (SSSR count). The summed E-state index contributed by atoms with van der Waals surface area (Å²) in [6, 6.07) is 16.2. The van der Waals surface area contributed by atoms with Gasteiger partial charge in [0.2, 0.25) is 5.78 Å². The van der Waals surface area contributed by atoms with E-state index in [2.05, 4.69) is 4.98 Å². The first kappa shape index (κ1) is 18.6. The van der Waals surface area contributed by atoms with Gasteiger partial charge < -0.3 is 17.0 Å². The van der Waals surface area contributed by atoms with Crippen LogP contribution >= 0.6 is 23.2 Å². The molecule has 0 spiro atoms. The van der Waals surface area contributed by atoms with Crippen LogP contribution in [0.25, 0.3) is 11.3 Å². The van der Waals surface area contributed by atoms with Gasteiger partial charge in [0.25, 0.3) is 6.33 Å². The van der Waals surface area contributed by atoms with Crippen molar-refractivity contribution in [1.29, 1.82) is 0 Å². The van der Waals surface area contributed by atoms with Crippen molar-refractivity contribution in [2.45, 2.75) is 6.54 Å². The van der Waals surface area contributed by atoms with Gasteiger partial charge in [-0.15, -0.1) is 0 Å². The summed E-state index contributed by atoms with van der Waals surface area (Å²) in [6.45, 7) is 0.232. The minimum atomic E-state index is 0. The average molecular weight is 424 g/mol. The van der Waals surface area contributed by atoms with Gasteiger partial charge in [0, 0.05) is 27.2 Å². The minimum absolute atomic E-state index is 0. The standard InChI is InChI=1S/C18H13Cl2N2O.BrH/c19-15-5-1-13(2-6-15)17-9-10-22(12-21-17)11-18(23)14-3-7-16(20)8-4-14;/h1-10,12H,11H2;1H/q+1;/p-1. The van der Waals surface area contributed by atoms with Crippen molar-refractivity contribution in [1.82, 2.24) is 4.98 Å². The van der Waals surface area contributed by atoms with Crippen molar-refractivity contribution < 1.29 is 26.3 Å². The molecule has 0 radical (unpaired) electrons. The lowest BCUT2D eigenvalue weighted by Gasteiger charge is -2.01. The summed E-state index contributed by atoms with van der Waals surface area (Å²) in [6.07, 6.45) is 3.49. The minimum Gasteiger partial charge on any atom is -1.00 e. The Labute approximate surface area is 160 Å². The molecule has 0 aliphatic heterocycles. The fraction of sp³-hybridized carbons (Fsp3) is 0.0556. The quantitative estimate of drug-likeness (QED) is 0.467. The van der Waals surface area contributed by atoms with Crippen LogP contribution in [0.5, 0.6) is 0 Å². The topological polar surface area (TPSA) is 33.8 Å². The Morgan fingerprint density at radius 3 is 2.04 bits per heavy atom. The van der Waals surface area contributed by atoms with E-state index in [0.29, 0.717) is 15.6 Å². The summed E-state index contributed by atoms with van der Waals surface area (Å²) in [5, 5.41) is 1.30. The molecule has 0 N–H and O–H groups in total. The maximum atomic E-state index is 12.2. The van der Waals surface area contributed by atoms with Crippen LogP contribution in [0.4, 0.5) is 0 Å². The molecule has 0 aliphatic rings. The molecule has 0 atom stereocenters. The number of benzene rings is 2. The number of carbonyl (C=O) groups excluding carboxylic acids is 1. The van der Waals surface area contributed by atoms with E-state index in [-0.39, 0.29) is 29.3 Å².